The van der Waals surface area contributed by atoms with Gasteiger partial charge in [0.25, 0.3) is 5.56 Å². The molecule has 2 heterocycles. The lowest BCUT2D eigenvalue weighted by atomic mass is 9.76. The number of rotatable bonds is 16. The van der Waals surface area contributed by atoms with Crippen LogP contribution in [0.1, 0.15) is 73.2 Å². The van der Waals surface area contributed by atoms with Crippen LogP contribution in [0.25, 0.3) is 11.1 Å². The second-order valence-corrected chi connectivity index (χ2v) is 15.9. The van der Waals surface area contributed by atoms with Crippen LogP contribution in [0.5, 0.6) is 0 Å². The van der Waals surface area contributed by atoms with Crippen LogP contribution in [0.15, 0.2) is 160 Å². The largest absolute Gasteiger partial charge is 0.467 e. The number of aromatic nitrogens is 2. The summed E-state index contributed by atoms with van der Waals surface area (Å²) in [5.74, 6) is -0.413. The van der Waals surface area contributed by atoms with Gasteiger partial charge >= 0.3 is 5.97 Å². The van der Waals surface area contributed by atoms with Gasteiger partial charge in [-0.25, -0.2) is 19.8 Å². The maximum Gasteiger partial charge on any atom is 0.329 e. The fourth-order valence-electron chi connectivity index (χ4n) is 8.27. The Morgan fingerprint density at radius 3 is 1.93 bits per heavy atom. The molecule has 0 fully saturated rings. The van der Waals surface area contributed by atoms with E-state index >= 15 is 0 Å². The molecule has 1 unspecified atom stereocenters. The van der Waals surface area contributed by atoms with E-state index in [0.29, 0.717) is 18.7 Å². The van der Waals surface area contributed by atoms with Gasteiger partial charge in [0.15, 0.2) is 0 Å². The third-order valence-electron chi connectivity index (χ3n) is 11.1. The molecule has 1 aliphatic heterocycles. The van der Waals surface area contributed by atoms with E-state index in [-0.39, 0.29) is 23.8 Å². The zero-order valence-corrected chi connectivity index (χ0v) is 35.8. The number of unbranched alkanes of at least 4 members (excludes halogenated alkanes) is 1. The van der Waals surface area contributed by atoms with Gasteiger partial charge in [0.2, 0.25) is 5.95 Å². The van der Waals surface area contributed by atoms with Crippen LogP contribution >= 0.6 is 0 Å². The van der Waals surface area contributed by atoms with Crippen LogP contribution in [-0.2, 0) is 27.9 Å². The number of ether oxygens (including phenoxy) is 1. The van der Waals surface area contributed by atoms with Crippen molar-refractivity contribution in [1.82, 2.24) is 19.5 Å². The molecule has 11 heteroatoms. The van der Waals surface area contributed by atoms with Crippen LogP contribution in [0.4, 0.5) is 11.6 Å². The Morgan fingerprint density at radius 2 is 1.41 bits per heavy atom. The molecule has 0 aliphatic carbocycles. The Balaban J connectivity index is 1.38. The van der Waals surface area contributed by atoms with E-state index in [4.69, 9.17) is 15.2 Å². The molecule has 1 atom stereocenters. The minimum absolute atomic E-state index is 0.173. The van der Waals surface area contributed by atoms with Gasteiger partial charge in [0.1, 0.15) is 18.2 Å². The zero-order chi connectivity index (χ0) is 42.9. The number of methoxy groups -OCH3 is 1. The second kappa shape index (κ2) is 19.0. The van der Waals surface area contributed by atoms with Gasteiger partial charge in [-0.15, -0.1) is 0 Å². The predicted molar refractivity (Wildman–Crippen MR) is 243 cm³/mol. The van der Waals surface area contributed by atoms with Crippen molar-refractivity contribution in [2.75, 3.05) is 32.9 Å². The highest BCUT2D eigenvalue weighted by Gasteiger charge is 2.45. The molecule has 11 nitrogen and oxygen atoms in total. The summed E-state index contributed by atoms with van der Waals surface area (Å²) < 4.78 is 7.18. The van der Waals surface area contributed by atoms with Crippen molar-refractivity contribution < 1.29 is 9.53 Å². The highest BCUT2D eigenvalue weighted by atomic mass is 16.5. The van der Waals surface area contributed by atoms with Crippen molar-refractivity contribution in [3.8, 4) is 11.1 Å². The molecule has 6 aromatic rings. The fraction of sp³-hybridized carbons (Fsp3) is 0.280. The second-order valence-electron chi connectivity index (χ2n) is 15.9. The lowest BCUT2D eigenvalue weighted by Crippen LogP contribution is -2.46. The number of aliphatic imine (C=N–C) groups is 1. The normalized spacial score (nSPS) is 13.3. The van der Waals surface area contributed by atoms with Crippen molar-refractivity contribution in [2.45, 2.75) is 58.0 Å². The van der Waals surface area contributed by atoms with Crippen LogP contribution in [0, 0.1) is 5.92 Å². The number of hydrogen-bond donors (Lipinski definition) is 0. The summed E-state index contributed by atoms with van der Waals surface area (Å²) in [6.07, 6.45) is 4.11. The van der Waals surface area contributed by atoms with Crippen molar-refractivity contribution in [1.29, 1.82) is 0 Å². The summed E-state index contributed by atoms with van der Waals surface area (Å²) in [7, 11) is 5.08. The van der Waals surface area contributed by atoms with Crippen molar-refractivity contribution >= 4 is 23.9 Å². The number of benzene rings is 5. The van der Waals surface area contributed by atoms with Crippen molar-refractivity contribution in [2.24, 2.45) is 21.4 Å². The zero-order valence-electron chi connectivity index (χ0n) is 35.8. The molecule has 1 aromatic heterocycles. The van der Waals surface area contributed by atoms with Gasteiger partial charge in [0.05, 0.1) is 19.1 Å². The minimum atomic E-state index is -0.819. The average molecular weight is 815 g/mol. The number of hydrogen-bond acceptors (Lipinski definition) is 9. The quantitative estimate of drug-likeness (QED) is 0.0415. The average Bonchev–Trinajstić information content (AvgIpc) is 3.78. The first kappa shape index (κ1) is 42.3. The first-order valence-electron chi connectivity index (χ1n) is 20.9. The summed E-state index contributed by atoms with van der Waals surface area (Å²) in [5.41, 5.74) is 6.93. The molecule has 7 rings (SSSR count). The van der Waals surface area contributed by atoms with Crippen molar-refractivity contribution in [3.05, 3.63) is 183 Å². The Hall–Kier alpha value is -6.88. The van der Waals surface area contributed by atoms with Gasteiger partial charge in [0, 0.05) is 37.3 Å². The van der Waals surface area contributed by atoms with E-state index in [1.165, 1.54) is 7.11 Å². The molecule has 0 radical (unpaired) electrons. The summed E-state index contributed by atoms with van der Waals surface area (Å²) in [4.78, 5) is 38.7. The van der Waals surface area contributed by atoms with E-state index in [0.717, 1.165) is 57.6 Å². The Morgan fingerprint density at radius 1 is 0.836 bits per heavy atom. The van der Waals surface area contributed by atoms with E-state index in [1.807, 2.05) is 73.9 Å². The van der Waals surface area contributed by atoms with E-state index in [1.54, 1.807) is 11.2 Å². The summed E-state index contributed by atoms with van der Waals surface area (Å²) in [5, 5.41) is 13.9. The topological polar surface area (TPSA) is 108 Å². The molecule has 1 aliphatic rings. The molecule has 61 heavy (non-hydrogen) atoms. The Labute approximate surface area is 358 Å². The van der Waals surface area contributed by atoms with Gasteiger partial charge in [-0.05, 0) is 63.1 Å². The van der Waals surface area contributed by atoms with Crippen LogP contribution in [0.3, 0.4) is 0 Å². The third-order valence-corrected chi connectivity index (χ3v) is 11.1. The van der Waals surface area contributed by atoms with Crippen LogP contribution < -0.4 is 10.6 Å². The summed E-state index contributed by atoms with van der Waals surface area (Å²) in [6, 6.07) is 47.1. The molecule has 0 saturated carbocycles. The van der Waals surface area contributed by atoms with Crippen LogP contribution in [-0.4, -0.2) is 59.6 Å². The predicted octanol–water partition coefficient (Wildman–Crippen LogP) is 9.79. The molecular formula is C50H54N8O3. The molecule has 5 aromatic carbocycles. The molecule has 0 saturated heterocycles. The lowest BCUT2D eigenvalue weighted by molar-refractivity contribution is -0.146. The Bertz CT molecular complexity index is 2430. The maximum atomic E-state index is 14.3. The molecular weight excluding hydrogens is 761 g/mol. The monoisotopic (exact) mass is 814 g/mol. The first-order valence-corrected chi connectivity index (χ1v) is 20.9. The fourth-order valence-corrected chi connectivity index (χ4v) is 8.27. The van der Waals surface area contributed by atoms with Gasteiger partial charge < -0.3 is 9.64 Å². The van der Waals surface area contributed by atoms with Crippen molar-refractivity contribution in [3.63, 3.8) is 0 Å². The van der Waals surface area contributed by atoms with E-state index in [9.17, 15) is 9.59 Å². The molecule has 312 valence electrons. The van der Waals surface area contributed by atoms with Crippen LogP contribution in [0.2, 0.25) is 0 Å². The van der Waals surface area contributed by atoms with Gasteiger partial charge in [-0.3, -0.25) is 9.36 Å². The highest BCUT2D eigenvalue weighted by molar-refractivity contribution is 5.79. The summed E-state index contributed by atoms with van der Waals surface area (Å²) >= 11 is 0. The third kappa shape index (κ3) is 8.73. The smallest absolute Gasteiger partial charge is 0.329 e. The molecule has 0 amide bonds. The highest BCUT2D eigenvalue weighted by Crippen LogP contribution is 2.45. The van der Waals surface area contributed by atoms with E-state index in [2.05, 4.69) is 125 Å². The standard InChI is InChI=1S/C50H54N8O3/c1-7-8-29-44-43(47(59)52-49(51-34-55(4)5)58(44)46(36(2)3)48(60)61-6)32-37-30-31-42(38-21-13-9-14-22-38)45(33-37)56-35-57(54-53-56)50(39-23-15-10-16-24-39,40-25-17-11-18-26-40)41-27-19-12-20-28-41/h9-28,30-31,33-34,36,46H,7-8,29,32,35H2,1-6H3. The number of anilines is 1. The minimum Gasteiger partial charge on any atom is -0.467 e. The number of esters is 1. The van der Waals surface area contributed by atoms with Gasteiger partial charge in [-0.1, -0.05) is 161 Å². The first-order chi connectivity index (χ1) is 29.7. The van der Waals surface area contributed by atoms with E-state index < -0.39 is 17.6 Å². The molecule has 0 N–H and O–H groups in total. The SMILES string of the molecule is CCCCc1c(Cc2ccc(-c3ccccc3)c(N3CN(C(c4ccccc4)(c4ccccc4)c4ccccc4)N=N3)c2)c(=O)nc(N=CN(C)C)n1C(C(=O)OC)C(C)C. The summed E-state index contributed by atoms with van der Waals surface area (Å²) in [6.45, 7) is 6.37. The number of carbonyl (C=O) groups is 1. The molecule has 0 spiro atoms. The maximum absolute atomic E-state index is 14.3. The van der Waals surface area contributed by atoms with Gasteiger partial charge in [-0.2, -0.15) is 4.98 Å². The number of nitrogens with zero attached hydrogens (tertiary/aromatic N) is 8. The lowest BCUT2D eigenvalue weighted by Gasteiger charge is -2.41. The number of carbonyl (C=O) groups excluding carboxylic acids is 1. The molecule has 0 bridgehead atoms. The Kier molecular flexibility index (Phi) is 13.2.